The Morgan fingerprint density at radius 1 is 1.33 bits per heavy atom. The molecule has 1 aliphatic heterocycles. The van der Waals surface area contributed by atoms with E-state index in [1.165, 1.54) is 13.8 Å². The highest BCUT2D eigenvalue weighted by molar-refractivity contribution is 5.11. The smallest absolute Gasteiger partial charge is 0.191 e. The van der Waals surface area contributed by atoms with Crippen LogP contribution in [0.4, 0.5) is 8.78 Å². The van der Waals surface area contributed by atoms with Crippen LogP contribution in [0.5, 0.6) is 0 Å². The molecule has 0 amide bonds. The number of nitrogens with zero attached hydrogens (tertiary/aromatic N) is 2. The average Bonchev–Trinajstić information content (AvgIpc) is 2.17. The van der Waals surface area contributed by atoms with Gasteiger partial charge in [0.2, 0.25) is 0 Å². The predicted molar refractivity (Wildman–Crippen MR) is 58.3 cm³/mol. The van der Waals surface area contributed by atoms with E-state index in [-0.39, 0.29) is 5.57 Å². The Bertz CT molecular complexity index is 233. The van der Waals surface area contributed by atoms with Crippen LogP contribution in [-0.2, 0) is 0 Å². The number of hydrogen-bond acceptors (Lipinski definition) is 2. The van der Waals surface area contributed by atoms with Crippen LogP contribution in [0, 0.1) is 0 Å². The monoisotopic (exact) mass is 218 g/mol. The number of halogens is 2. The molecule has 1 heterocycles. The number of alkyl halides is 2. The van der Waals surface area contributed by atoms with Crippen molar-refractivity contribution in [1.29, 1.82) is 0 Å². The molecule has 0 aromatic rings. The molecule has 0 saturated carbocycles. The summed E-state index contributed by atoms with van der Waals surface area (Å²) in [6, 6.07) is 0. The third kappa shape index (κ3) is 2.75. The number of hydrogen-bond donors (Lipinski definition) is 0. The molecule has 0 aromatic heterocycles. The first-order chi connectivity index (χ1) is 6.85. The van der Waals surface area contributed by atoms with Gasteiger partial charge in [0.05, 0.1) is 0 Å². The second-order valence-corrected chi connectivity index (χ2v) is 4.53. The molecule has 2 atom stereocenters. The Labute approximate surface area is 90.5 Å². The lowest BCUT2D eigenvalue weighted by molar-refractivity contribution is -0.0429. The number of piperazine rings is 1. The predicted octanol–water partition coefficient (Wildman–Crippen LogP) is 1.83. The van der Waals surface area contributed by atoms with E-state index in [0.29, 0.717) is 13.1 Å². The summed E-state index contributed by atoms with van der Waals surface area (Å²) >= 11 is 0. The van der Waals surface area contributed by atoms with E-state index in [2.05, 4.69) is 11.5 Å². The lowest BCUT2D eigenvalue weighted by Gasteiger charge is -2.39. The van der Waals surface area contributed by atoms with E-state index < -0.39 is 12.0 Å². The summed E-state index contributed by atoms with van der Waals surface area (Å²) in [5, 5.41) is 0. The molecule has 2 nitrogen and oxygen atoms in total. The summed E-state index contributed by atoms with van der Waals surface area (Å²) < 4.78 is 27.9. The molecule has 0 spiro atoms. The van der Waals surface area contributed by atoms with Gasteiger partial charge in [-0.15, -0.1) is 0 Å². The maximum absolute atomic E-state index is 14.0. The molecule has 1 fully saturated rings. The van der Waals surface area contributed by atoms with Crippen LogP contribution in [0.3, 0.4) is 0 Å². The molecule has 88 valence electrons. The van der Waals surface area contributed by atoms with E-state index in [0.717, 1.165) is 13.1 Å². The van der Waals surface area contributed by atoms with Crippen molar-refractivity contribution < 1.29 is 8.78 Å². The van der Waals surface area contributed by atoms with Crippen LogP contribution < -0.4 is 0 Å². The maximum Gasteiger partial charge on any atom is 0.191 e. The molecule has 0 aliphatic carbocycles. The second-order valence-electron chi connectivity index (χ2n) is 4.53. The Hall–Kier alpha value is -0.480. The summed E-state index contributed by atoms with van der Waals surface area (Å²) in [5.41, 5.74) is -1.70. The van der Waals surface area contributed by atoms with Gasteiger partial charge in [0.25, 0.3) is 0 Å². The van der Waals surface area contributed by atoms with Gasteiger partial charge in [0.15, 0.2) is 12.0 Å². The van der Waals surface area contributed by atoms with Gasteiger partial charge < -0.3 is 4.90 Å². The summed E-state index contributed by atoms with van der Waals surface area (Å²) in [7, 11) is 1.98. The molecule has 4 heteroatoms. The van der Waals surface area contributed by atoms with Crippen LogP contribution in [-0.4, -0.2) is 55.0 Å². The minimum atomic E-state index is -1.95. The number of rotatable bonds is 3. The van der Waals surface area contributed by atoms with Crippen molar-refractivity contribution in [3.05, 3.63) is 12.2 Å². The topological polar surface area (TPSA) is 6.48 Å². The third-order valence-corrected chi connectivity index (χ3v) is 3.14. The Morgan fingerprint density at radius 2 is 1.80 bits per heavy atom. The zero-order valence-electron chi connectivity index (χ0n) is 9.76. The van der Waals surface area contributed by atoms with E-state index in [9.17, 15) is 8.78 Å². The van der Waals surface area contributed by atoms with Crippen molar-refractivity contribution in [1.82, 2.24) is 9.80 Å². The highest BCUT2D eigenvalue weighted by Gasteiger charge is 2.40. The standard InChI is InChI=1S/C11H20F2N2/c1-9(2)11(3,13)10(12)15-7-5-14(4)6-8-15/h10H,1,5-8H2,2-4H3. The quantitative estimate of drug-likeness (QED) is 0.527. The first-order valence-electron chi connectivity index (χ1n) is 5.27. The van der Waals surface area contributed by atoms with Crippen LogP contribution in [0.25, 0.3) is 0 Å². The molecule has 0 bridgehead atoms. The highest BCUT2D eigenvalue weighted by Crippen LogP contribution is 2.29. The first-order valence-corrected chi connectivity index (χ1v) is 5.27. The van der Waals surface area contributed by atoms with Crippen molar-refractivity contribution in [2.24, 2.45) is 0 Å². The molecule has 0 radical (unpaired) electrons. The van der Waals surface area contributed by atoms with E-state index in [1.807, 2.05) is 7.05 Å². The van der Waals surface area contributed by atoms with Gasteiger partial charge in [0, 0.05) is 26.2 Å². The van der Waals surface area contributed by atoms with Crippen molar-refractivity contribution >= 4 is 0 Å². The summed E-state index contributed by atoms with van der Waals surface area (Å²) in [6.07, 6.45) is -1.58. The first kappa shape index (κ1) is 12.6. The Kier molecular flexibility index (Phi) is 3.84. The summed E-state index contributed by atoms with van der Waals surface area (Å²) in [5.74, 6) is 0. The fourth-order valence-corrected chi connectivity index (χ4v) is 1.59. The van der Waals surface area contributed by atoms with Gasteiger partial charge in [0.1, 0.15) is 0 Å². The molecular formula is C11H20F2N2. The molecule has 0 aromatic carbocycles. The Morgan fingerprint density at radius 3 is 2.20 bits per heavy atom. The van der Waals surface area contributed by atoms with Crippen molar-refractivity contribution in [2.45, 2.75) is 25.8 Å². The summed E-state index contributed by atoms with van der Waals surface area (Å²) in [6.45, 7) is 9.01. The molecule has 15 heavy (non-hydrogen) atoms. The molecule has 1 rings (SSSR count). The van der Waals surface area contributed by atoms with Gasteiger partial charge in [-0.05, 0) is 26.5 Å². The maximum atomic E-state index is 14.0. The van der Waals surface area contributed by atoms with Gasteiger partial charge in [-0.2, -0.15) is 0 Å². The fourth-order valence-electron chi connectivity index (χ4n) is 1.59. The van der Waals surface area contributed by atoms with Crippen LogP contribution in [0.15, 0.2) is 12.2 Å². The number of likely N-dealkylation sites (N-methyl/N-ethyl adjacent to an activating group) is 1. The highest BCUT2D eigenvalue weighted by atomic mass is 19.2. The van der Waals surface area contributed by atoms with Crippen molar-refractivity contribution in [3.63, 3.8) is 0 Å². The molecule has 1 saturated heterocycles. The van der Waals surface area contributed by atoms with Crippen molar-refractivity contribution in [3.8, 4) is 0 Å². The van der Waals surface area contributed by atoms with Gasteiger partial charge in [-0.25, -0.2) is 8.78 Å². The third-order valence-electron chi connectivity index (χ3n) is 3.14. The molecule has 0 N–H and O–H groups in total. The van der Waals surface area contributed by atoms with E-state index in [4.69, 9.17) is 0 Å². The average molecular weight is 218 g/mol. The van der Waals surface area contributed by atoms with E-state index in [1.54, 1.807) is 4.90 Å². The SMILES string of the molecule is C=C(C)C(C)(F)C(F)N1CCN(C)CC1. The van der Waals surface area contributed by atoms with Gasteiger partial charge in [-0.3, -0.25) is 4.90 Å². The van der Waals surface area contributed by atoms with E-state index >= 15 is 0 Å². The molecule has 2 unspecified atom stereocenters. The van der Waals surface area contributed by atoms with Gasteiger partial charge in [-0.1, -0.05) is 6.58 Å². The Balaban J connectivity index is 2.60. The normalized spacial score (nSPS) is 25.9. The minimum absolute atomic E-state index is 0.244. The molecule has 1 aliphatic rings. The largest absolute Gasteiger partial charge is 0.304 e. The van der Waals surface area contributed by atoms with Crippen LogP contribution >= 0.6 is 0 Å². The zero-order valence-corrected chi connectivity index (χ0v) is 9.76. The lowest BCUT2D eigenvalue weighted by atomic mass is 9.98. The van der Waals surface area contributed by atoms with Crippen molar-refractivity contribution in [2.75, 3.05) is 33.2 Å². The zero-order chi connectivity index (χ0) is 11.6. The van der Waals surface area contributed by atoms with Gasteiger partial charge >= 0.3 is 0 Å². The lowest BCUT2D eigenvalue weighted by Crippen LogP contribution is -2.53. The van der Waals surface area contributed by atoms with Crippen LogP contribution in [0.2, 0.25) is 0 Å². The second kappa shape index (κ2) is 4.58. The summed E-state index contributed by atoms with van der Waals surface area (Å²) in [4.78, 5) is 3.66. The minimum Gasteiger partial charge on any atom is -0.304 e. The fraction of sp³-hybridized carbons (Fsp3) is 0.818. The molecular weight excluding hydrogens is 198 g/mol. The van der Waals surface area contributed by atoms with Crippen LogP contribution in [0.1, 0.15) is 13.8 Å².